The first-order valence-corrected chi connectivity index (χ1v) is 16.0. The number of nitrogens with zero attached hydrogens (tertiary/aromatic N) is 3. The summed E-state index contributed by atoms with van der Waals surface area (Å²) >= 11 is 0. The summed E-state index contributed by atoms with van der Waals surface area (Å²) in [5.74, 6) is -7.83. The zero-order chi connectivity index (χ0) is 30.0. The van der Waals surface area contributed by atoms with E-state index in [1.54, 1.807) is 30.3 Å². The van der Waals surface area contributed by atoms with Gasteiger partial charge in [-0.15, -0.1) is 5.10 Å². The molecule has 4 rings (SSSR count). The Balaban J connectivity index is 1.63. The third kappa shape index (κ3) is 5.67. The van der Waals surface area contributed by atoms with Gasteiger partial charge in [0.1, 0.15) is 5.60 Å². The zero-order valence-corrected chi connectivity index (χ0v) is 24.4. The Bertz CT molecular complexity index is 1510. The largest absolute Gasteiger partial charge is 0.487 e. The first-order valence-electron chi connectivity index (χ1n) is 13.5. The molecule has 0 radical (unpaired) electrons. The fourth-order valence-electron chi connectivity index (χ4n) is 5.03. The molecule has 0 aliphatic rings. The van der Waals surface area contributed by atoms with Crippen LogP contribution in [0.1, 0.15) is 39.7 Å². The van der Waals surface area contributed by atoms with Gasteiger partial charge in [-0.05, 0) is 48.8 Å². The second-order valence-electron chi connectivity index (χ2n) is 10.1. The number of rotatable bonds is 12. The van der Waals surface area contributed by atoms with Crippen molar-refractivity contribution in [3.8, 4) is 16.9 Å². The SMILES string of the molecule is CC[Si](CC)(CC)OC(C)(c1ccccc1)C(F)(F)CCOc1c(F)ccc(-c2ccn3nc(N)nc3c2F)c1F. The van der Waals surface area contributed by atoms with Crippen LogP contribution in [-0.4, -0.2) is 35.4 Å². The van der Waals surface area contributed by atoms with Crippen molar-refractivity contribution in [3.63, 3.8) is 0 Å². The van der Waals surface area contributed by atoms with Crippen LogP contribution in [-0.2, 0) is 10.0 Å². The van der Waals surface area contributed by atoms with E-state index in [0.717, 1.165) is 16.6 Å². The third-order valence-corrected chi connectivity index (χ3v) is 12.5. The van der Waals surface area contributed by atoms with Gasteiger partial charge in [0.2, 0.25) is 5.95 Å². The van der Waals surface area contributed by atoms with Crippen molar-refractivity contribution >= 4 is 19.9 Å². The minimum absolute atomic E-state index is 0.186. The quantitative estimate of drug-likeness (QED) is 0.135. The van der Waals surface area contributed by atoms with Crippen molar-refractivity contribution in [1.82, 2.24) is 14.6 Å². The molecular formula is C29H33F5N4O2Si. The van der Waals surface area contributed by atoms with Crippen LogP contribution in [0.25, 0.3) is 16.8 Å². The van der Waals surface area contributed by atoms with E-state index in [0.29, 0.717) is 23.7 Å². The molecule has 12 heteroatoms. The van der Waals surface area contributed by atoms with Crippen LogP contribution in [0, 0.1) is 17.5 Å². The highest BCUT2D eigenvalue weighted by Crippen LogP contribution is 2.47. The number of ether oxygens (including phenoxy) is 1. The molecule has 0 aliphatic heterocycles. The maximum Gasteiger partial charge on any atom is 0.282 e. The van der Waals surface area contributed by atoms with Crippen LogP contribution in [0.15, 0.2) is 54.7 Å². The smallest absolute Gasteiger partial charge is 0.282 e. The second kappa shape index (κ2) is 11.8. The number of alkyl halides is 2. The maximum atomic E-state index is 16.1. The molecule has 0 saturated carbocycles. The molecule has 4 aromatic rings. The van der Waals surface area contributed by atoms with E-state index in [-0.39, 0.29) is 22.7 Å². The van der Waals surface area contributed by atoms with E-state index in [1.165, 1.54) is 19.2 Å². The van der Waals surface area contributed by atoms with Gasteiger partial charge < -0.3 is 14.9 Å². The van der Waals surface area contributed by atoms with Crippen LogP contribution >= 0.6 is 0 Å². The Morgan fingerprint density at radius 2 is 1.54 bits per heavy atom. The molecule has 2 aromatic heterocycles. The van der Waals surface area contributed by atoms with Gasteiger partial charge in [-0.1, -0.05) is 51.1 Å². The Hall–Kier alpha value is -3.51. The van der Waals surface area contributed by atoms with E-state index >= 15 is 17.6 Å². The predicted molar refractivity (Wildman–Crippen MR) is 150 cm³/mol. The number of nitrogens with two attached hydrogens (primary N) is 1. The number of nitrogen functional groups attached to an aromatic ring is 1. The van der Waals surface area contributed by atoms with Crippen molar-refractivity contribution < 1.29 is 31.1 Å². The Morgan fingerprint density at radius 3 is 2.17 bits per heavy atom. The van der Waals surface area contributed by atoms with Crippen molar-refractivity contribution in [2.45, 2.75) is 63.8 Å². The van der Waals surface area contributed by atoms with Crippen molar-refractivity contribution in [2.75, 3.05) is 12.3 Å². The summed E-state index contributed by atoms with van der Waals surface area (Å²) in [5.41, 5.74) is 2.98. The molecule has 0 aliphatic carbocycles. The van der Waals surface area contributed by atoms with Crippen LogP contribution in [0.3, 0.4) is 0 Å². The number of benzene rings is 2. The minimum atomic E-state index is -3.47. The van der Waals surface area contributed by atoms with Crippen LogP contribution in [0.2, 0.25) is 18.1 Å². The lowest BCUT2D eigenvalue weighted by Crippen LogP contribution is -2.53. The lowest BCUT2D eigenvalue weighted by Gasteiger charge is -2.45. The molecule has 2 heterocycles. The number of pyridine rings is 1. The number of halogens is 5. The van der Waals surface area contributed by atoms with E-state index in [9.17, 15) is 4.39 Å². The Kier molecular flexibility index (Phi) is 8.74. The van der Waals surface area contributed by atoms with Crippen molar-refractivity contribution in [2.24, 2.45) is 0 Å². The summed E-state index contributed by atoms with van der Waals surface area (Å²) in [6.45, 7) is 6.48. The summed E-state index contributed by atoms with van der Waals surface area (Å²) in [5, 5.41) is 3.79. The maximum absolute atomic E-state index is 16.1. The number of fused-ring (bicyclic) bond motifs is 1. The van der Waals surface area contributed by atoms with Crippen LogP contribution in [0.4, 0.5) is 27.9 Å². The molecule has 0 amide bonds. The molecule has 2 N–H and O–H groups in total. The number of hydrogen-bond acceptors (Lipinski definition) is 5. The Labute approximate surface area is 236 Å². The topological polar surface area (TPSA) is 74.7 Å². The third-order valence-electron chi connectivity index (χ3n) is 7.84. The average Bonchev–Trinajstić information content (AvgIpc) is 3.36. The fourth-order valence-corrected chi connectivity index (χ4v) is 8.10. The van der Waals surface area contributed by atoms with Crippen LogP contribution < -0.4 is 10.5 Å². The van der Waals surface area contributed by atoms with E-state index in [2.05, 4.69) is 10.1 Å². The van der Waals surface area contributed by atoms with Gasteiger partial charge in [0.15, 0.2) is 37.2 Å². The van der Waals surface area contributed by atoms with Crippen LogP contribution in [0.5, 0.6) is 5.75 Å². The molecule has 0 saturated heterocycles. The lowest BCUT2D eigenvalue weighted by molar-refractivity contribution is -0.175. The first kappa shape index (κ1) is 30.4. The average molecular weight is 593 g/mol. The molecule has 2 aromatic carbocycles. The van der Waals surface area contributed by atoms with E-state index in [4.69, 9.17) is 14.9 Å². The van der Waals surface area contributed by atoms with Gasteiger partial charge in [-0.3, -0.25) is 0 Å². The molecule has 0 bridgehead atoms. The highest BCUT2D eigenvalue weighted by Gasteiger charge is 2.55. The molecular weight excluding hydrogens is 559 g/mol. The summed E-state index contributed by atoms with van der Waals surface area (Å²) in [6, 6.07) is 13.3. The van der Waals surface area contributed by atoms with Crippen molar-refractivity contribution in [3.05, 3.63) is 77.7 Å². The van der Waals surface area contributed by atoms with E-state index in [1.807, 2.05) is 20.8 Å². The van der Waals surface area contributed by atoms with Crippen molar-refractivity contribution in [1.29, 1.82) is 0 Å². The molecule has 41 heavy (non-hydrogen) atoms. The summed E-state index contributed by atoms with van der Waals surface area (Å²) in [6.07, 6.45) is 0.431. The number of aromatic nitrogens is 3. The molecule has 1 unspecified atom stereocenters. The molecule has 220 valence electrons. The molecule has 6 nitrogen and oxygen atoms in total. The highest BCUT2D eigenvalue weighted by molar-refractivity contribution is 6.73. The summed E-state index contributed by atoms with van der Waals surface area (Å²) in [7, 11) is -2.53. The minimum Gasteiger partial charge on any atom is -0.487 e. The molecule has 1 atom stereocenters. The monoisotopic (exact) mass is 592 g/mol. The highest BCUT2D eigenvalue weighted by atomic mass is 28.4. The summed E-state index contributed by atoms with van der Waals surface area (Å²) in [4.78, 5) is 3.77. The van der Waals surface area contributed by atoms with Gasteiger partial charge in [0.25, 0.3) is 5.92 Å². The van der Waals surface area contributed by atoms with Gasteiger partial charge in [0.05, 0.1) is 6.61 Å². The van der Waals surface area contributed by atoms with Gasteiger partial charge in [-0.25, -0.2) is 26.5 Å². The number of hydrogen-bond donors (Lipinski definition) is 1. The molecule has 0 spiro atoms. The fraction of sp³-hybridized carbons (Fsp3) is 0.379. The van der Waals surface area contributed by atoms with Gasteiger partial charge >= 0.3 is 0 Å². The predicted octanol–water partition coefficient (Wildman–Crippen LogP) is 7.74. The normalized spacial score (nSPS) is 13.9. The second-order valence-corrected chi connectivity index (χ2v) is 14.8. The summed E-state index contributed by atoms with van der Waals surface area (Å²) < 4.78 is 90.3. The van der Waals surface area contributed by atoms with Gasteiger partial charge in [-0.2, -0.15) is 4.98 Å². The number of anilines is 1. The zero-order valence-electron chi connectivity index (χ0n) is 23.4. The standard InChI is InChI=1S/C29H33F5N4O2Si/c1-5-41(6-2,7-3)40-28(4,19-11-9-8-10-12-19)29(33,34)16-18-39-25-22(30)14-13-20(23(25)31)21-15-17-38-26(24(21)32)36-27(35)37-38/h8-15,17H,5-7,16,18H2,1-4H3,(H2,35,37). The molecule has 0 fully saturated rings. The van der Waals surface area contributed by atoms with E-state index < -0.39 is 56.1 Å². The Morgan fingerprint density at radius 1 is 0.902 bits per heavy atom. The van der Waals surface area contributed by atoms with Gasteiger partial charge in [0, 0.05) is 23.7 Å². The lowest BCUT2D eigenvalue weighted by atomic mass is 9.87. The first-order chi connectivity index (χ1) is 19.4.